The van der Waals surface area contributed by atoms with Crippen LogP contribution in [0.15, 0.2) is 40.8 Å². The summed E-state index contributed by atoms with van der Waals surface area (Å²) < 4.78 is 5.90. The first-order valence-corrected chi connectivity index (χ1v) is 14.2. The lowest BCUT2D eigenvalue weighted by Crippen LogP contribution is -2.14. The van der Waals surface area contributed by atoms with E-state index in [-0.39, 0.29) is 79.7 Å². The lowest BCUT2D eigenvalue weighted by Gasteiger charge is -2.09. The number of hydrogen-bond acceptors (Lipinski definition) is 12. The maximum absolute atomic E-state index is 10.4. The van der Waals surface area contributed by atoms with Crippen LogP contribution in [0, 0.1) is 76.4 Å². The first-order valence-electron chi connectivity index (χ1n) is 14.2. The molecular formula is C34H10N16O. The van der Waals surface area contributed by atoms with Gasteiger partial charge in [0.15, 0.2) is 17.6 Å². The molecule has 232 valence electrons. The van der Waals surface area contributed by atoms with Crippen LogP contribution < -0.4 is 0 Å². The minimum absolute atomic E-state index is 0.0390. The molecule has 3 aromatic carbocycles. The SMILES string of the molecule is [C-]#[N+]c1cc2[nH]c(C([N+]#[C-])c3nc(-c4nc5cc(C#N)c([N+]#[C-])cc5o4)nc(C(C#N)c4nc5cc(C#N)c(C#N)cc5[nH]4)n3)nc2cc1C#N. The highest BCUT2D eigenvalue weighted by atomic mass is 16.3. The van der Waals surface area contributed by atoms with Crippen LogP contribution in [0.1, 0.15) is 57.5 Å². The Morgan fingerprint density at radius 2 is 1.18 bits per heavy atom. The number of nitrogens with zero attached hydrogens (tertiary/aromatic N) is 14. The van der Waals surface area contributed by atoms with Crippen LogP contribution in [0.3, 0.4) is 0 Å². The fourth-order valence-electron chi connectivity index (χ4n) is 5.25. The molecule has 4 heterocycles. The van der Waals surface area contributed by atoms with E-state index in [1.54, 1.807) is 0 Å². The van der Waals surface area contributed by atoms with Gasteiger partial charge in [0.25, 0.3) is 5.89 Å². The zero-order chi connectivity index (χ0) is 35.8. The Kier molecular flexibility index (Phi) is 7.20. The van der Waals surface area contributed by atoms with Gasteiger partial charge >= 0.3 is 6.04 Å². The van der Waals surface area contributed by atoms with E-state index in [0.717, 1.165) is 0 Å². The number of oxazole rings is 1. The van der Waals surface area contributed by atoms with Crippen molar-refractivity contribution in [1.29, 1.82) is 26.3 Å². The molecule has 0 bridgehead atoms. The van der Waals surface area contributed by atoms with Gasteiger partial charge in [0.1, 0.15) is 29.1 Å². The summed E-state index contributed by atoms with van der Waals surface area (Å²) in [4.78, 5) is 43.2. The molecule has 2 N–H and O–H groups in total. The molecule has 0 amide bonds. The number of nitriles is 5. The molecule has 0 spiro atoms. The predicted molar refractivity (Wildman–Crippen MR) is 172 cm³/mol. The number of aromatic nitrogens is 8. The predicted octanol–water partition coefficient (Wildman–Crippen LogP) is 5.68. The summed E-state index contributed by atoms with van der Waals surface area (Å²) >= 11 is 0. The highest BCUT2D eigenvalue weighted by molar-refractivity contribution is 5.84. The molecule has 2 atom stereocenters. The zero-order valence-electron chi connectivity index (χ0n) is 25.3. The third kappa shape index (κ3) is 5.06. The number of fused-ring (bicyclic) bond motifs is 3. The largest absolute Gasteiger partial charge is 0.435 e. The van der Waals surface area contributed by atoms with Crippen molar-refractivity contribution in [2.75, 3.05) is 0 Å². The average molecular weight is 659 g/mol. The van der Waals surface area contributed by atoms with Crippen LogP contribution in [0.4, 0.5) is 11.4 Å². The minimum Gasteiger partial charge on any atom is -0.435 e. The van der Waals surface area contributed by atoms with Gasteiger partial charge in [-0.05, 0) is 36.4 Å². The van der Waals surface area contributed by atoms with Crippen LogP contribution in [0.2, 0.25) is 0 Å². The Balaban J connectivity index is 1.43. The van der Waals surface area contributed by atoms with Crippen molar-refractivity contribution in [3.05, 3.63) is 116 Å². The smallest absolute Gasteiger partial charge is 0.338 e. The molecule has 51 heavy (non-hydrogen) atoms. The van der Waals surface area contributed by atoms with Crippen molar-refractivity contribution in [2.45, 2.75) is 12.0 Å². The second-order valence-corrected chi connectivity index (χ2v) is 10.5. The van der Waals surface area contributed by atoms with Crippen molar-refractivity contribution in [3.63, 3.8) is 0 Å². The van der Waals surface area contributed by atoms with E-state index in [0.29, 0.717) is 22.1 Å². The second kappa shape index (κ2) is 12.0. The highest BCUT2D eigenvalue weighted by Gasteiger charge is 2.32. The number of nitrogens with one attached hydrogen (secondary N) is 2. The number of benzene rings is 3. The van der Waals surface area contributed by atoms with Gasteiger partial charge in [-0.15, -0.1) is 0 Å². The van der Waals surface area contributed by atoms with E-state index < -0.39 is 12.0 Å². The number of H-pyrrole nitrogens is 2. The Morgan fingerprint density at radius 1 is 0.608 bits per heavy atom. The van der Waals surface area contributed by atoms with Gasteiger partial charge in [0.2, 0.25) is 23.0 Å². The van der Waals surface area contributed by atoms with E-state index in [1.807, 2.05) is 24.3 Å². The minimum atomic E-state index is -1.32. The molecule has 0 radical (unpaired) electrons. The molecule has 4 aromatic heterocycles. The normalized spacial score (nSPS) is 11.6. The van der Waals surface area contributed by atoms with Crippen molar-refractivity contribution in [1.82, 2.24) is 39.9 Å². The number of hydrogen-bond donors (Lipinski definition) is 2. The van der Waals surface area contributed by atoms with E-state index in [2.05, 4.69) is 60.5 Å². The molecule has 0 aliphatic rings. The Hall–Kier alpha value is -9.00. The Labute approximate surface area is 285 Å². The number of aromatic amines is 2. The summed E-state index contributed by atoms with van der Waals surface area (Å²) in [6.07, 6.45) is 0. The summed E-state index contributed by atoms with van der Waals surface area (Å²) in [6.45, 7) is 22.9. The van der Waals surface area contributed by atoms with E-state index in [4.69, 9.17) is 24.1 Å². The van der Waals surface area contributed by atoms with E-state index in [1.165, 1.54) is 36.4 Å². The molecule has 7 rings (SSSR count). The average Bonchev–Trinajstić information content (AvgIpc) is 3.89. The molecule has 0 fully saturated rings. The van der Waals surface area contributed by atoms with E-state index >= 15 is 0 Å². The third-order valence-corrected chi connectivity index (χ3v) is 7.64. The van der Waals surface area contributed by atoms with Crippen molar-refractivity contribution < 1.29 is 4.42 Å². The first-order chi connectivity index (χ1) is 24.8. The summed E-state index contributed by atoms with van der Waals surface area (Å²) in [7, 11) is 0. The number of imidazole rings is 2. The molecule has 17 nitrogen and oxygen atoms in total. The van der Waals surface area contributed by atoms with Crippen molar-refractivity contribution >= 4 is 44.5 Å². The van der Waals surface area contributed by atoms with Crippen LogP contribution in [0.25, 0.3) is 59.4 Å². The molecule has 0 saturated carbocycles. The monoisotopic (exact) mass is 658 g/mol. The van der Waals surface area contributed by atoms with Gasteiger partial charge in [-0.2, -0.15) is 26.3 Å². The quantitative estimate of drug-likeness (QED) is 0.212. The maximum atomic E-state index is 10.4. The lowest BCUT2D eigenvalue weighted by molar-refractivity contribution is 0.607. The Morgan fingerprint density at radius 3 is 1.82 bits per heavy atom. The summed E-state index contributed by atoms with van der Waals surface area (Å²) in [5.41, 5.74) is 2.23. The Bertz CT molecular complexity index is 2700. The molecule has 0 aliphatic heterocycles. The standard InChI is InChI=1S/C34H10N16O/c1-40-20-8-25-24(6-17(20)12-37)45-31(46-25)28(42-3)32-48-30(19(14-39)29-43-22-4-15(10-35)16(11-36)5-23(22)44-29)49-33(50-32)34-47-26-7-18(13-38)21(41-2)9-27(26)51-34/h4-9,19,28H,(H,43,44)(H,45,46). The van der Waals surface area contributed by atoms with Gasteiger partial charge in [-0.1, -0.05) is 0 Å². The highest BCUT2D eigenvalue weighted by Crippen LogP contribution is 2.33. The molecular weight excluding hydrogens is 648 g/mol. The summed E-state index contributed by atoms with van der Waals surface area (Å²) in [5.74, 6) is -1.90. The molecule has 7 aromatic rings. The van der Waals surface area contributed by atoms with Crippen molar-refractivity contribution in [3.8, 4) is 42.1 Å². The lowest BCUT2D eigenvalue weighted by atomic mass is 10.1. The van der Waals surface area contributed by atoms with E-state index in [9.17, 15) is 26.3 Å². The third-order valence-electron chi connectivity index (χ3n) is 7.64. The molecule has 2 unspecified atom stereocenters. The van der Waals surface area contributed by atoms with Gasteiger partial charge < -0.3 is 14.4 Å². The first kappa shape index (κ1) is 30.6. The van der Waals surface area contributed by atoms with Crippen molar-refractivity contribution in [2.24, 2.45) is 0 Å². The summed E-state index contributed by atoms with van der Waals surface area (Å²) in [5, 5.41) is 48.3. The van der Waals surface area contributed by atoms with Gasteiger partial charge in [0.05, 0.1) is 75.7 Å². The summed E-state index contributed by atoms with van der Waals surface area (Å²) in [6, 6.07) is 17.0. The fraction of sp³-hybridized carbons (Fsp3) is 0.0588. The van der Waals surface area contributed by atoms with Gasteiger partial charge in [-0.3, -0.25) is 4.85 Å². The topological polar surface area (TPSA) is 254 Å². The van der Waals surface area contributed by atoms with Crippen LogP contribution in [0.5, 0.6) is 0 Å². The maximum Gasteiger partial charge on any atom is 0.338 e. The molecule has 0 aliphatic carbocycles. The van der Waals surface area contributed by atoms with Crippen LogP contribution in [-0.2, 0) is 0 Å². The number of rotatable bonds is 5. The fourth-order valence-corrected chi connectivity index (χ4v) is 5.25. The zero-order valence-corrected chi connectivity index (χ0v) is 25.3. The van der Waals surface area contributed by atoms with Crippen LogP contribution in [-0.4, -0.2) is 39.9 Å². The molecule has 17 heteroatoms. The van der Waals surface area contributed by atoms with Crippen LogP contribution >= 0.6 is 0 Å². The van der Waals surface area contributed by atoms with Gasteiger partial charge in [0, 0.05) is 0 Å². The van der Waals surface area contributed by atoms with Gasteiger partial charge in [-0.25, -0.2) is 46.2 Å². The second-order valence-electron chi connectivity index (χ2n) is 10.5. The molecule has 0 saturated heterocycles.